The number of nitrogens with one attached hydrogen (secondary N) is 1. The van der Waals surface area contributed by atoms with Gasteiger partial charge in [0, 0.05) is 38.3 Å². The van der Waals surface area contributed by atoms with Crippen molar-refractivity contribution in [3.8, 4) is 17.6 Å². The molecule has 0 unspecified atom stereocenters. The Hall–Kier alpha value is -1.77. The Bertz CT molecular complexity index is 456. The molecule has 5 heteroatoms. The molecule has 0 spiro atoms. The van der Waals surface area contributed by atoms with Crippen LogP contribution in [0.4, 0.5) is 0 Å². The summed E-state index contributed by atoms with van der Waals surface area (Å²) < 4.78 is 10.6. The summed E-state index contributed by atoms with van der Waals surface area (Å²) in [5, 5.41) is 12.5. The van der Waals surface area contributed by atoms with Gasteiger partial charge in [-0.3, -0.25) is 4.90 Å². The molecule has 0 radical (unpaired) electrons. The first-order valence-corrected chi connectivity index (χ1v) is 6.83. The maximum atomic E-state index is 9.13. The number of nitriles is 1. The average Bonchev–Trinajstić information content (AvgIpc) is 2.52. The van der Waals surface area contributed by atoms with Gasteiger partial charge in [-0.25, -0.2) is 0 Å². The molecule has 0 aromatic heterocycles. The summed E-state index contributed by atoms with van der Waals surface area (Å²) in [4.78, 5) is 2.34. The van der Waals surface area contributed by atoms with Gasteiger partial charge in [0.2, 0.25) is 0 Å². The Morgan fingerprint density at radius 3 is 2.30 bits per heavy atom. The van der Waals surface area contributed by atoms with E-state index in [9.17, 15) is 0 Å². The van der Waals surface area contributed by atoms with Crippen LogP contribution in [0.1, 0.15) is 18.0 Å². The van der Waals surface area contributed by atoms with Crippen LogP contribution in [0.15, 0.2) is 18.2 Å². The minimum Gasteiger partial charge on any atom is -0.497 e. The third-order valence-electron chi connectivity index (χ3n) is 3.64. The van der Waals surface area contributed by atoms with Gasteiger partial charge in [-0.1, -0.05) is 0 Å². The van der Waals surface area contributed by atoms with Crippen LogP contribution in [0, 0.1) is 11.3 Å². The SMILES string of the molecule is COc1cc(OC)cc([C@H](CC#N)N2CCNCC2)c1. The van der Waals surface area contributed by atoms with E-state index in [1.807, 2.05) is 18.2 Å². The van der Waals surface area contributed by atoms with Crippen LogP contribution < -0.4 is 14.8 Å². The third kappa shape index (κ3) is 3.41. The van der Waals surface area contributed by atoms with Crippen LogP contribution in [-0.2, 0) is 0 Å². The highest BCUT2D eigenvalue weighted by molar-refractivity contribution is 5.40. The first-order chi connectivity index (χ1) is 9.78. The molecule has 1 N–H and O–H groups in total. The molecule has 0 saturated carbocycles. The van der Waals surface area contributed by atoms with Crippen molar-refractivity contribution in [2.24, 2.45) is 0 Å². The average molecular weight is 275 g/mol. The van der Waals surface area contributed by atoms with Crippen molar-refractivity contribution in [2.75, 3.05) is 40.4 Å². The third-order valence-corrected chi connectivity index (χ3v) is 3.64. The highest BCUT2D eigenvalue weighted by Crippen LogP contribution is 2.31. The molecule has 1 aromatic rings. The quantitative estimate of drug-likeness (QED) is 0.884. The maximum Gasteiger partial charge on any atom is 0.122 e. The number of rotatable bonds is 5. The van der Waals surface area contributed by atoms with Gasteiger partial charge in [0.05, 0.1) is 26.7 Å². The monoisotopic (exact) mass is 275 g/mol. The highest BCUT2D eigenvalue weighted by Gasteiger charge is 2.23. The molecule has 1 saturated heterocycles. The fourth-order valence-corrected chi connectivity index (χ4v) is 2.56. The number of nitrogens with zero attached hydrogens (tertiary/aromatic N) is 2. The van der Waals surface area contributed by atoms with Crippen LogP contribution >= 0.6 is 0 Å². The Balaban J connectivity index is 2.30. The zero-order chi connectivity index (χ0) is 14.4. The maximum absolute atomic E-state index is 9.13. The standard InChI is InChI=1S/C15H21N3O2/c1-19-13-9-12(10-14(11-13)20-2)15(3-4-16)18-7-5-17-6-8-18/h9-11,15,17H,3,5-8H2,1-2H3/t15-/m0/s1. The lowest BCUT2D eigenvalue weighted by Crippen LogP contribution is -2.45. The largest absolute Gasteiger partial charge is 0.497 e. The van der Waals surface area contributed by atoms with Crippen LogP contribution in [0.2, 0.25) is 0 Å². The van der Waals surface area contributed by atoms with Crippen LogP contribution in [-0.4, -0.2) is 45.3 Å². The molecular formula is C15H21N3O2. The van der Waals surface area contributed by atoms with E-state index < -0.39 is 0 Å². The van der Waals surface area contributed by atoms with Gasteiger partial charge < -0.3 is 14.8 Å². The molecule has 1 aliphatic heterocycles. The van der Waals surface area contributed by atoms with Gasteiger partial charge in [0.25, 0.3) is 0 Å². The second kappa shape index (κ2) is 7.13. The van der Waals surface area contributed by atoms with Gasteiger partial charge in [0.1, 0.15) is 11.5 Å². The van der Waals surface area contributed by atoms with Gasteiger partial charge in [0.15, 0.2) is 0 Å². The summed E-state index contributed by atoms with van der Waals surface area (Å²) in [6, 6.07) is 8.22. The Labute approximate surface area is 120 Å². The van der Waals surface area contributed by atoms with Crippen molar-refractivity contribution in [3.63, 3.8) is 0 Å². The fourth-order valence-electron chi connectivity index (χ4n) is 2.56. The van der Waals surface area contributed by atoms with Crippen LogP contribution in [0.25, 0.3) is 0 Å². The van der Waals surface area contributed by atoms with E-state index in [1.54, 1.807) is 14.2 Å². The number of methoxy groups -OCH3 is 2. The molecule has 0 amide bonds. The summed E-state index contributed by atoms with van der Waals surface area (Å²) in [7, 11) is 3.28. The highest BCUT2D eigenvalue weighted by atomic mass is 16.5. The van der Waals surface area contributed by atoms with E-state index in [1.165, 1.54) is 0 Å². The summed E-state index contributed by atoms with van der Waals surface area (Å²) in [5.41, 5.74) is 1.07. The van der Waals surface area contributed by atoms with Crippen molar-refractivity contribution in [3.05, 3.63) is 23.8 Å². The lowest BCUT2D eigenvalue weighted by Gasteiger charge is -2.34. The topological polar surface area (TPSA) is 57.5 Å². The predicted molar refractivity (Wildman–Crippen MR) is 77.0 cm³/mol. The molecule has 1 atom stereocenters. The lowest BCUT2D eigenvalue weighted by molar-refractivity contribution is 0.175. The summed E-state index contributed by atoms with van der Waals surface area (Å²) in [6.45, 7) is 3.82. The second-order valence-corrected chi connectivity index (χ2v) is 4.81. The summed E-state index contributed by atoms with van der Waals surface area (Å²) in [5.74, 6) is 1.52. The molecule has 1 fully saturated rings. The van der Waals surface area contributed by atoms with E-state index in [0.717, 1.165) is 43.2 Å². The van der Waals surface area contributed by atoms with E-state index in [2.05, 4.69) is 16.3 Å². The van der Waals surface area contributed by atoms with Crippen molar-refractivity contribution in [1.29, 1.82) is 5.26 Å². The van der Waals surface area contributed by atoms with E-state index in [0.29, 0.717) is 6.42 Å². The summed E-state index contributed by atoms with van der Waals surface area (Å²) >= 11 is 0. The van der Waals surface area contributed by atoms with Gasteiger partial charge in [-0.2, -0.15) is 5.26 Å². The van der Waals surface area contributed by atoms with E-state index >= 15 is 0 Å². The van der Waals surface area contributed by atoms with Crippen molar-refractivity contribution in [1.82, 2.24) is 10.2 Å². The Kier molecular flexibility index (Phi) is 5.22. The van der Waals surface area contributed by atoms with Crippen molar-refractivity contribution >= 4 is 0 Å². The molecule has 1 aliphatic rings. The zero-order valence-electron chi connectivity index (χ0n) is 12.1. The Morgan fingerprint density at radius 1 is 1.20 bits per heavy atom. The molecule has 108 valence electrons. The van der Waals surface area contributed by atoms with E-state index in [4.69, 9.17) is 14.7 Å². The minimum atomic E-state index is 0.0890. The van der Waals surface area contributed by atoms with Crippen LogP contribution in [0.5, 0.6) is 11.5 Å². The summed E-state index contributed by atoms with van der Waals surface area (Å²) in [6.07, 6.45) is 0.469. The zero-order valence-corrected chi connectivity index (χ0v) is 12.1. The molecule has 20 heavy (non-hydrogen) atoms. The first-order valence-electron chi connectivity index (χ1n) is 6.83. The number of piperazine rings is 1. The molecule has 5 nitrogen and oxygen atoms in total. The molecule has 2 rings (SSSR count). The molecule has 1 heterocycles. The van der Waals surface area contributed by atoms with Gasteiger partial charge in [-0.05, 0) is 17.7 Å². The Morgan fingerprint density at radius 2 is 1.80 bits per heavy atom. The van der Waals surface area contributed by atoms with Crippen LogP contribution in [0.3, 0.4) is 0 Å². The van der Waals surface area contributed by atoms with E-state index in [-0.39, 0.29) is 6.04 Å². The molecular weight excluding hydrogens is 254 g/mol. The number of hydrogen-bond acceptors (Lipinski definition) is 5. The lowest BCUT2D eigenvalue weighted by atomic mass is 10.0. The first kappa shape index (κ1) is 14.6. The predicted octanol–water partition coefficient (Wildman–Crippen LogP) is 1.56. The normalized spacial score (nSPS) is 17.2. The van der Waals surface area contributed by atoms with Crippen molar-refractivity contribution in [2.45, 2.75) is 12.5 Å². The van der Waals surface area contributed by atoms with Gasteiger partial charge >= 0.3 is 0 Å². The van der Waals surface area contributed by atoms with Crippen molar-refractivity contribution < 1.29 is 9.47 Å². The fraction of sp³-hybridized carbons (Fsp3) is 0.533. The number of hydrogen-bond donors (Lipinski definition) is 1. The number of benzene rings is 1. The number of ether oxygens (including phenoxy) is 2. The second-order valence-electron chi connectivity index (χ2n) is 4.81. The van der Waals surface area contributed by atoms with Gasteiger partial charge in [-0.15, -0.1) is 0 Å². The molecule has 0 bridgehead atoms. The smallest absolute Gasteiger partial charge is 0.122 e. The molecule has 1 aromatic carbocycles. The minimum absolute atomic E-state index is 0.0890. The molecule has 0 aliphatic carbocycles.